The Morgan fingerprint density at radius 1 is 1.11 bits per heavy atom. The molecule has 5 nitrogen and oxygen atoms in total. The maximum atomic E-state index is 13.7. The van der Waals surface area contributed by atoms with Crippen LogP contribution in [0, 0.1) is 24.6 Å². The van der Waals surface area contributed by atoms with E-state index in [0.29, 0.717) is 36.2 Å². The van der Waals surface area contributed by atoms with E-state index < -0.39 is 21.7 Å². The van der Waals surface area contributed by atoms with Crippen molar-refractivity contribution in [2.45, 2.75) is 32.1 Å². The number of carbonyl (C=O) groups excluding carboxylic acids is 1. The molecule has 150 valence electrons. The largest absolute Gasteiger partial charge is 0.322 e. The lowest BCUT2D eigenvalue weighted by atomic mass is 9.94. The first-order valence-electron chi connectivity index (χ1n) is 9.34. The lowest BCUT2D eigenvalue weighted by molar-refractivity contribution is 0.102. The molecule has 1 fully saturated rings. The van der Waals surface area contributed by atoms with E-state index in [1.807, 2.05) is 13.8 Å². The first-order chi connectivity index (χ1) is 13.2. The number of carbonyl (C=O) groups is 1. The van der Waals surface area contributed by atoms with Gasteiger partial charge in [-0.2, -0.15) is 4.31 Å². The van der Waals surface area contributed by atoms with E-state index in [1.165, 1.54) is 22.5 Å². The average Bonchev–Trinajstić information content (AvgIpc) is 2.64. The normalized spacial score (nSPS) is 20.7. The number of aryl methyl sites for hydroxylation is 1. The molecule has 0 radical (unpaired) electrons. The second-order valence-corrected chi connectivity index (χ2v) is 9.65. The quantitative estimate of drug-likeness (QED) is 0.836. The molecule has 0 aromatic heterocycles. The molecule has 2 aromatic rings. The minimum absolute atomic E-state index is 0.0940. The molecule has 0 saturated carbocycles. The Labute approximate surface area is 165 Å². The number of nitrogens with one attached hydrogen (secondary N) is 1. The highest BCUT2D eigenvalue weighted by Gasteiger charge is 2.31. The van der Waals surface area contributed by atoms with Gasteiger partial charge in [-0.1, -0.05) is 26.0 Å². The molecular formula is C21H25FN2O3S. The zero-order valence-corrected chi connectivity index (χ0v) is 17.1. The van der Waals surface area contributed by atoms with Crippen molar-refractivity contribution in [2.24, 2.45) is 11.8 Å². The summed E-state index contributed by atoms with van der Waals surface area (Å²) in [5.41, 5.74) is 1.01. The molecule has 0 bridgehead atoms. The van der Waals surface area contributed by atoms with Crippen LogP contribution in [0.2, 0.25) is 0 Å². The van der Waals surface area contributed by atoms with Crippen molar-refractivity contribution in [2.75, 3.05) is 18.4 Å². The van der Waals surface area contributed by atoms with Gasteiger partial charge in [0, 0.05) is 24.3 Å². The fraction of sp³-hybridized carbons (Fsp3) is 0.381. The van der Waals surface area contributed by atoms with Crippen molar-refractivity contribution < 1.29 is 17.6 Å². The first kappa shape index (κ1) is 20.5. The fourth-order valence-corrected chi connectivity index (χ4v) is 5.35. The van der Waals surface area contributed by atoms with E-state index in [0.717, 1.165) is 6.42 Å². The molecular weight excluding hydrogens is 379 g/mol. The lowest BCUT2D eigenvalue weighted by Gasteiger charge is -2.34. The fourth-order valence-electron chi connectivity index (χ4n) is 3.62. The van der Waals surface area contributed by atoms with Gasteiger partial charge in [0.1, 0.15) is 5.82 Å². The number of nitrogens with zero attached hydrogens (tertiary/aromatic N) is 1. The van der Waals surface area contributed by atoms with Crippen molar-refractivity contribution in [1.82, 2.24) is 4.31 Å². The molecule has 2 aromatic carbocycles. The van der Waals surface area contributed by atoms with E-state index in [1.54, 1.807) is 31.2 Å². The number of hydrogen-bond donors (Lipinski definition) is 1. The zero-order valence-electron chi connectivity index (χ0n) is 16.3. The molecule has 0 spiro atoms. The Morgan fingerprint density at radius 2 is 1.79 bits per heavy atom. The number of piperidine rings is 1. The molecule has 28 heavy (non-hydrogen) atoms. The summed E-state index contributed by atoms with van der Waals surface area (Å²) < 4.78 is 41.3. The highest BCUT2D eigenvalue weighted by Crippen LogP contribution is 2.27. The number of anilines is 1. The molecule has 1 amide bonds. The maximum absolute atomic E-state index is 13.7. The summed E-state index contributed by atoms with van der Waals surface area (Å²) in [5.74, 6) is -0.314. The monoisotopic (exact) mass is 404 g/mol. The van der Waals surface area contributed by atoms with Crippen LogP contribution in [0.25, 0.3) is 0 Å². The van der Waals surface area contributed by atoms with Gasteiger partial charge in [0.15, 0.2) is 0 Å². The van der Waals surface area contributed by atoms with Gasteiger partial charge < -0.3 is 5.32 Å². The molecule has 7 heteroatoms. The third kappa shape index (κ3) is 4.42. The number of amides is 1. The predicted octanol–water partition coefficient (Wildman–Crippen LogP) is 4.05. The topological polar surface area (TPSA) is 66.5 Å². The number of sulfonamides is 1. The van der Waals surface area contributed by atoms with Crippen LogP contribution >= 0.6 is 0 Å². The van der Waals surface area contributed by atoms with Crippen molar-refractivity contribution in [3.05, 3.63) is 59.4 Å². The van der Waals surface area contributed by atoms with Crippen molar-refractivity contribution in [3.63, 3.8) is 0 Å². The Morgan fingerprint density at radius 3 is 2.43 bits per heavy atom. The molecule has 1 heterocycles. The summed E-state index contributed by atoms with van der Waals surface area (Å²) in [6.07, 6.45) is 1.00. The van der Waals surface area contributed by atoms with E-state index in [4.69, 9.17) is 0 Å². The lowest BCUT2D eigenvalue weighted by Crippen LogP contribution is -2.42. The number of hydrogen-bond acceptors (Lipinski definition) is 3. The molecule has 1 saturated heterocycles. The van der Waals surface area contributed by atoms with Gasteiger partial charge in [-0.15, -0.1) is 0 Å². The molecule has 1 aliphatic rings. The van der Waals surface area contributed by atoms with Crippen molar-refractivity contribution in [3.8, 4) is 0 Å². The number of rotatable bonds is 4. The predicted molar refractivity (Wildman–Crippen MR) is 107 cm³/mol. The van der Waals surface area contributed by atoms with Crippen LogP contribution in [0.4, 0.5) is 10.1 Å². The van der Waals surface area contributed by atoms with Crippen LogP contribution < -0.4 is 5.32 Å². The van der Waals surface area contributed by atoms with Crippen molar-refractivity contribution >= 4 is 21.6 Å². The maximum Gasteiger partial charge on any atom is 0.255 e. The van der Waals surface area contributed by atoms with Gasteiger partial charge in [0.2, 0.25) is 10.0 Å². The van der Waals surface area contributed by atoms with E-state index >= 15 is 0 Å². The highest BCUT2D eigenvalue weighted by molar-refractivity contribution is 7.89. The van der Waals surface area contributed by atoms with Gasteiger partial charge in [-0.25, -0.2) is 12.8 Å². The minimum atomic E-state index is -3.68. The molecule has 2 unspecified atom stereocenters. The summed E-state index contributed by atoms with van der Waals surface area (Å²) in [6, 6.07) is 10.4. The highest BCUT2D eigenvalue weighted by atomic mass is 32.2. The van der Waals surface area contributed by atoms with Crippen LogP contribution in [0.15, 0.2) is 47.4 Å². The Balaban J connectivity index is 1.83. The van der Waals surface area contributed by atoms with E-state index in [9.17, 15) is 17.6 Å². The third-order valence-corrected chi connectivity index (χ3v) is 6.83. The standard InChI is InChI=1S/C21H25FN2O3S/c1-14-9-15(2)13-24(12-14)28(26,27)19-6-4-5-17(10-19)21(25)23-18-8-7-16(3)20(22)11-18/h4-8,10-11,14-15H,9,12-13H2,1-3H3,(H,23,25). The van der Waals surface area contributed by atoms with Crippen LogP contribution in [-0.2, 0) is 10.0 Å². The third-order valence-electron chi connectivity index (χ3n) is 5.00. The van der Waals surface area contributed by atoms with Crippen LogP contribution in [0.5, 0.6) is 0 Å². The van der Waals surface area contributed by atoms with E-state index in [2.05, 4.69) is 5.32 Å². The van der Waals surface area contributed by atoms with Crippen LogP contribution in [-0.4, -0.2) is 31.7 Å². The number of halogens is 1. The Kier molecular flexibility index (Phi) is 5.86. The Hall–Kier alpha value is -2.25. The average molecular weight is 405 g/mol. The van der Waals surface area contributed by atoms with Gasteiger partial charge in [0.05, 0.1) is 4.90 Å². The molecule has 1 N–H and O–H groups in total. The van der Waals surface area contributed by atoms with Crippen LogP contribution in [0.3, 0.4) is 0 Å². The summed E-state index contributed by atoms with van der Waals surface area (Å²) in [7, 11) is -3.68. The smallest absolute Gasteiger partial charge is 0.255 e. The second-order valence-electron chi connectivity index (χ2n) is 7.71. The second kappa shape index (κ2) is 8.01. The summed E-state index contributed by atoms with van der Waals surface area (Å²) in [5, 5.41) is 2.61. The van der Waals surface area contributed by atoms with E-state index in [-0.39, 0.29) is 10.5 Å². The SMILES string of the molecule is Cc1ccc(NC(=O)c2cccc(S(=O)(=O)N3CC(C)CC(C)C3)c2)cc1F. The summed E-state index contributed by atoms with van der Waals surface area (Å²) in [6.45, 7) is 6.68. The van der Waals surface area contributed by atoms with Gasteiger partial charge in [0.25, 0.3) is 5.91 Å². The molecule has 0 aliphatic carbocycles. The molecule has 2 atom stereocenters. The van der Waals surface area contributed by atoms with Crippen molar-refractivity contribution in [1.29, 1.82) is 0 Å². The Bertz CT molecular complexity index is 981. The molecule has 1 aliphatic heterocycles. The van der Waals surface area contributed by atoms with Crippen LogP contribution in [0.1, 0.15) is 36.2 Å². The van der Waals surface area contributed by atoms with Gasteiger partial charge >= 0.3 is 0 Å². The minimum Gasteiger partial charge on any atom is -0.322 e. The zero-order chi connectivity index (χ0) is 20.5. The summed E-state index contributed by atoms with van der Waals surface area (Å²) >= 11 is 0. The van der Waals surface area contributed by atoms with Gasteiger partial charge in [-0.3, -0.25) is 4.79 Å². The summed E-state index contributed by atoms with van der Waals surface area (Å²) in [4.78, 5) is 12.6. The molecule has 3 rings (SSSR count). The first-order valence-corrected chi connectivity index (χ1v) is 10.8. The van der Waals surface area contributed by atoms with Gasteiger partial charge in [-0.05, 0) is 61.1 Å². The number of benzene rings is 2.